The fraction of sp³-hybridized carbons (Fsp3) is 0.625. The van der Waals surface area contributed by atoms with Gasteiger partial charge in [0.25, 0.3) is 0 Å². The van der Waals surface area contributed by atoms with Gasteiger partial charge in [0, 0.05) is 0 Å². The van der Waals surface area contributed by atoms with Crippen LogP contribution in [0.2, 0.25) is 0 Å². The van der Waals surface area contributed by atoms with Crippen molar-refractivity contribution < 1.29 is 0 Å². The first-order chi connectivity index (χ1) is 8.36. The largest absolute Gasteiger partial charge is 0.330 e. The SMILES string of the molecule is NCCC1CCC2(CCCC2)c2ccccc21. The highest BCUT2D eigenvalue weighted by atomic mass is 14.5. The summed E-state index contributed by atoms with van der Waals surface area (Å²) in [4.78, 5) is 0. The van der Waals surface area contributed by atoms with Crippen LogP contribution in [0.25, 0.3) is 0 Å². The Labute approximate surface area is 104 Å². The molecule has 92 valence electrons. The minimum atomic E-state index is 0.543. The van der Waals surface area contributed by atoms with Crippen LogP contribution in [0, 0.1) is 0 Å². The Morgan fingerprint density at radius 1 is 1.12 bits per heavy atom. The summed E-state index contributed by atoms with van der Waals surface area (Å²) in [6, 6.07) is 9.18. The molecule has 0 heterocycles. The predicted octanol–water partition coefficient (Wildman–Crippen LogP) is 3.72. The van der Waals surface area contributed by atoms with Crippen LogP contribution in [0.4, 0.5) is 0 Å². The van der Waals surface area contributed by atoms with Gasteiger partial charge in [0.1, 0.15) is 0 Å². The first kappa shape index (κ1) is 11.3. The van der Waals surface area contributed by atoms with Gasteiger partial charge in [-0.25, -0.2) is 0 Å². The number of fused-ring (bicyclic) bond motifs is 2. The van der Waals surface area contributed by atoms with Crippen molar-refractivity contribution in [1.82, 2.24) is 0 Å². The second kappa shape index (κ2) is 4.45. The summed E-state index contributed by atoms with van der Waals surface area (Å²) in [5.74, 6) is 0.724. The van der Waals surface area contributed by atoms with E-state index in [-0.39, 0.29) is 0 Å². The Kier molecular flexibility index (Phi) is 2.96. The smallest absolute Gasteiger partial charge is 0.00439 e. The first-order valence-electron chi connectivity index (χ1n) is 7.15. The summed E-state index contributed by atoms with van der Waals surface area (Å²) < 4.78 is 0. The molecular weight excluding hydrogens is 206 g/mol. The van der Waals surface area contributed by atoms with E-state index in [1.54, 1.807) is 11.1 Å². The normalized spacial score (nSPS) is 26.1. The zero-order valence-electron chi connectivity index (χ0n) is 10.6. The van der Waals surface area contributed by atoms with Crippen molar-refractivity contribution in [3.05, 3.63) is 35.4 Å². The number of benzene rings is 1. The van der Waals surface area contributed by atoms with Crippen LogP contribution in [0.1, 0.15) is 62.0 Å². The van der Waals surface area contributed by atoms with Gasteiger partial charge in [0.05, 0.1) is 0 Å². The Hall–Kier alpha value is -0.820. The van der Waals surface area contributed by atoms with Crippen molar-refractivity contribution in [2.24, 2.45) is 5.73 Å². The van der Waals surface area contributed by atoms with E-state index in [1.165, 1.54) is 38.5 Å². The van der Waals surface area contributed by atoms with E-state index in [1.807, 2.05) is 0 Å². The van der Waals surface area contributed by atoms with Crippen molar-refractivity contribution in [2.75, 3.05) is 6.54 Å². The molecule has 3 rings (SSSR count). The van der Waals surface area contributed by atoms with Crippen LogP contribution < -0.4 is 5.73 Å². The van der Waals surface area contributed by atoms with Crippen molar-refractivity contribution in [1.29, 1.82) is 0 Å². The van der Waals surface area contributed by atoms with Gasteiger partial charge in [-0.2, -0.15) is 0 Å². The highest BCUT2D eigenvalue weighted by Gasteiger charge is 2.40. The van der Waals surface area contributed by atoms with Gasteiger partial charge in [-0.3, -0.25) is 0 Å². The lowest BCUT2D eigenvalue weighted by atomic mass is 9.65. The topological polar surface area (TPSA) is 26.0 Å². The summed E-state index contributed by atoms with van der Waals surface area (Å²) in [7, 11) is 0. The molecule has 17 heavy (non-hydrogen) atoms. The van der Waals surface area contributed by atoms with Gasteiger partial charge in [0.2, 0.25) is 0 Å². The molecule has 1 aromatic carbocycles. The lowest BCUT2D eigenvalue weighted by Crippen LogP contribution is -2.30. The van der Waals surface area contributed by atoms with Crippen LogP contribution >= 0.6 is 0 Å². The third-order valence-electron chi connectivity index (χ3n) is 5.02. The van der Waals surface area contributed by atoms with E-state index >= 15 is 0 Å². The van der Waals surface area contributed by atoms with Crippen LogP contribution in [0.3, 0.4) is 0 Å². The quantitative estimate of drug-likeness (QED) is 0.821. The molecule has 2 N–H and O–H groups in total. The average Bonchev–Trinajstić information content (AvgIpc) is 2.83. The second-order valence-electron chi connectivity index (χ2n) is 5.89. The van der Waals surface area contributed by atoms with Gasteiger partial charge in [-0.15, -0.1) is 0 Å². The zero-order chi connectivity index (χ0) is 11.7. The number of rotatable bonds is 2. The lowest BCUT2D eigenvalue weighted by molar-refractivity contribution is 0.336. The maximum atomic E-state index is 5.76. The molecule has 2 aliphatic carbocycles. The molecular formula is C16H23N. The first-order valence-corrected chi connectivity index (χ1v) is 7.15. The van der Waals surface area contributed by atoms with Crippen LogP contribution in [-0.4, -0.2) is 6.54 Å². The molecule has 1 heteroatoms. The lowest BCUT2D eigenvalue weighted by Gasteiger charge is -2.39. The van der Waals surface area contributed by atoms with Gasteiger partial charge in [0.15, 0.2) is 0 Å². The predicted molar refractivity (Wildman–Crippen MR) is 72.2 cm³/mol. The molecule has 0 saturated heterocycles. The van der Waals surface area contributed by atoms with E-state index in [0.717, 1.165) is 18.9 Å². The summed E-state index contributed by atoms with van der Waals surface area (Å²) in [6.07, 6.45) is 9.60. The highest BCUT2D eigenvalue weighted by Crippen LogP contribution is 2.52. The van der Waals surface area contributed by atoms with E-state index in [0.29, 0.717) is 5.41 Å². The minimum Gasteiger partial charge on any atom is -0.330 e. The van der Waals surface area contributed by atoms with E-state index < -0.39 is 0 Å². The summed E-state index contributed by atoms with van der Waals surface area (Å²) in [5.41, 5.74) is 9.59. The number of hydrogen-bond donors (Lipinski definition) is 1. The molecule has 1 saturated carbocycles. The molecule has 1 atom stereocenters. The monoisotopic (exact) mass is 229 g/mol. The average molecular weight is 229 g/mol. The third kappa shape index (κ3) is 1.81. The maximum Gasteiger partial charge on any atom is -0.00439 e. The molecule has 0 aromatic heterocycles. The Morgan fingerprint density at radius 2 is 1.88 bits per heavy atom. The van der Waals surface area contributed by atoms with Crippen LogP contribution in [0.5, 0.6) is 0 Å². The van der Waals surface area contributed by atoms with Crippen LogP contribution in [0.15, 0.2) is 24.3 Å². The van der Waals surface area contributed by atoms with Crippen molar-refractivity contribution in [3.63, 3.8) is 0 Å². The van der Waals surface area contributed by atoms with Gasteiger partial charge >= 0.3 is 0 Å². The Bertz CT molecular complexity index is 390. The van der Waals surface area contributed by atoms with Crippen molar-refractivity contribution in [2.45, 2.75) is 56.3 Å². The Morgan fingerprint density at radius 3 is 2.65 bits per heavy atom. The molecule has 1 fully saturated rings. The van der Waals surface area contributed by atoms with Crippen LogP contribution in [-0.2, 0) is 5.41 Å². The molecule has 1 spiro atoms. The molecule has 1 unspecified atom stereocenters. The zero-order valence-corrected chi connectivity index (χ0v) is 10.6. The van der Waals surface area contributed by atoms with E-state index in [9.17, 15) is 0 Å². The molecule has 1 nitrogen and oxygen atoms in total. The second-order valence-corrected chi connectivity index (χ2v) is 5.89. The maximum absolute atomic E-state index is 5.76. The third-order valence-corrected chi connectivity index (χ3v) is 5.02. The minimum absolute atomic E-state index is 0.543. The standard InChI is InChI=1S/C16H23N/c17-12-8-13-7-11-16(9-3-4-10-16)15-6-2-1-5-14(13)15/h1-2,5-6,13H,3-4,7-12,17H2. The van der Waals surface area contributed by atoms with E-state index in [2.05, 4.69) is 24.3 Å². The van der Waals surface area contributed by atoms with E-state index in [4.69, 9.17) is 5.73 Å². The van der Waals surface area contributed by atoms with Crippen molar-refractivity contribution >= 4 is 0 Å². The molecule has 0 bridgehead atoms. The molecule has 1 aromatic rings. The van der Waals surface area contributed by atoms with Gasteiger partial charge in [-0.05, 0) is 61.1 Å². The number of nitrogens with two attached hydrogens (primary N) is 1. The summed E-state index contributed by atoms with van der Waals surface area (Å²) in [5, 5.41) is 0. The Balaban J connectivity index is 2.01. The molecule has 0 amide bonds. The molecule has 0 radical (unpaired) electrons. The van der Waals surface area contributed by atoms with Crippen molar-refractivity contribution in [3.8, 4) is 0 Å². The van der Waals surface area contributed by atoms with Gasteiger partial charge in [-0.1, -0.05) is 37.1 Å². The molecule has 2 aliphatic rings. The fourth-order valence-electron chi connectivity index (χ4n) is 4.15. The fourth-order valence-corrected chi connectivity index (χ4v) is 4.15. The highest BCUT2D eigenvalue weighted by molar-refractivity contribution is 5.40. The van der Waals surface area contributed by atoms with Gasteiger partial charge < -0.3 is 5.73 Å². The summed E-state index contributed by atoms with van der Waals surface area (Å²) >= 11 is 0. The summed E-state index contributed by atoms with van der Waals surface area (Å²) in [6.45, 7) is 0.825. The number of hydrogen-bond acceptors (Lipinski definition) is 1. The molecule has 0 aliphatic heterocycles.